The van der Waals surface area contributed by atoms with Crippen LogP contribution in [0.15, 0.2) is 29.1 Å². The quantitative estimate of drug-likeness (QED) is 0.729. The number of carbonyl (C=O) groups excluding carboxylic acids is 1. The summed E-state index contributed by atoms with van der Waals surface area (Å²) in [6.07, 6.45) is 0. The van der Waals surface area contributed by atoms with Crippen molar-refractivity contribution in [3.05, 3.63) is 46.0 Å². The maximum atomic E-state index is 11.8. The average molecular weight is 232 g/mol. The van der Waals surface area contributed by atoms with E-state index in [-0.39, 0.29) is 17.9 Å². The van der Waals surface area contributed by atoms with Crippen molar-refractivity contribution in [3.8, 4) is 0 Å². The molecule has 5 heteroatoms. The van der Waals surface area contributed by atoms with Gasteiger partial charge in [-0.1, -0.05) is 6.07 Å². The lowest BCUT2D eigenvalue weighted by Crippen LogP contribution is -2.21. The number of hydrogen-bond acceptors (Lipinski definition) is 4. The number of rotatable bonds is 2. The number of nitrogens with zero attached hydrogens (tertiary/aromatic N) is 2. The Hall–Kier alpha value is -2.17. The van der Waals surface area contributed by atoms with E-state index in [0.29, 0.717) is 11.3 Å². The van der Waals surface area contributed by atoms with Crippen LogP contribution in [0.3, 0.4) is 0 Å². The molecule has 0 saturated heterocycles. The van der Waals surface area contributed by atoms with E-state index < -0.39 is 5.97 Å². The first-order valence-electron chi connectivity index (χ1n) is 5.30. The number of carbonyl (C=O) groups is 1. The molecular weight excluding hydrogens is 220 g/mol. The number of aromatic nitrogens is 2. The lowest BCUT2D eigenvalue weighted by atomic mass is 10.3. The van der Waals surface area contributed by atoms with Gasteiger partial charge in [0.15, 0.2) is 0 Å². The molecule has 0 saturated carbocycles. The normalized spacial score (nSPS) is 10.5. The summed E-state index contributed by atoms with van der Waals surface area (Å²) in [6, 6.07) is 6.28. The van der Waals surface area contributed by atoms with Crippen LogP contribution in [0.2, 0.25) is 0 Å². The second kappa shape index (κ2) is 4.37. The van der Waals surface area contributed by atoms with Crippen molar-refractivity contribution in [2.45, 2.75) is 13.8 Å². The highest BCUT2D eigenvalue weighted by atomic mass is 16.5. The van der Waals surface area contributed by atoms with Crippen molar-refractivity contribution >= 4 is 11.6 Å². The zero-order valence-corrected chi connectivity index (χ0v) is 9.64. The van der Waals surface area contributed by atoms with E-state index in [1.807, 2.05) is 0 Å². The van der Waals surface area contributed by atoms with Gasteiger partial charge in [-0.25, -0.2) is 9.78 Å². The number of ether oxygens (including phenoxy) is 1. The number of hydrogen-bond donors (Lipinski definition) is 0. The molecule has 0 radical (unpaired) electrons. The zero-order valence-electron chi connectivity index (χ0n) is 9.64. The molecule has 0 aliphatic heterocycles. The Morgan fingerprint density at radius 1 is 1.47 bits per heavy atom. The first kappa shape index (κ1) is 11.3. The standard InChI is InChI=1S/C12H12N2O3/c1-3-17-12(16)9-5-4-6-10-13-8(2)7-11(15)14(9)10/h4-7H,3H2,1-2H3. The summed E-state index contributed by atoms with van der Waals surface area (Å²) in [7, 11) is 0. The highest BCUT2D eigenvalue weighted by Crippen LogP contribution is 2.05. The molecular formula is C12H12N2O3. The summed E-state index contributed by atoms with van der Waals surface area (Å²) >= 11 is 0. The van der Waals surface area contributed by atoms with Crippen LogP contribution in [0.25, 0.3) is 5.65 Å². The van der Waals surface area contributed by atoms with Gasteiger partial charge < -0.3 is 4.74 Å². The molecule has 2 aromatic rings. The predicted molar refractivity (Wildman–Crippen MR) is 62.2 cm³/mol. The van der Waals surface area contributed by atoms with Gasteiger partial charge in [0.1, 0.15) is 11.3 Å². The van der Waals surface area contributed by atoms with E-state index in [9.17, 15) is 9.59 Å². The Morgan fingerprint density at radius 3 is 2.94 bits per heavy atom. The van der Waals surface area contributed by atoms with Gasteiger partial charge in [0.05, 0.1) is 6.61 Å². The SMILES string of the molecule is CCOC(=O)c1cccc2nc(C)cc(=O)n12. The van der Waals surface area contributed by atoms with E-state index in [2.05, 4.69) is 4.98 Å². The van der Waals surface area contributed by atoms with Gasteiger partial charge in [-0.15, -0.1) is 0 Å². The number of pyridine rings is 1. The zero-order chi connectivity index (χ0) is 12.4. The van der Waals surface area contributed by atoms with E-state index in [0.717, 1.165) is 0 Å². The van der Waals surface area contributed by atoms with Crippen LogP contribution in [0.4, 0.5) is 0 Å². The molecule has 0 aromatic carbocycles. The number of fused-ring (bicyclic) bond motifs is 1. The molecule has 88 valence electrons. The summed E-state index contributed by atoms with van der Waals surface area (Å²) in [5, 5.41) is 0. The Labute approximate surface area is 97.7 Å². The Morgan fingerprint density at radius 2 is 2.24 bits per heavy atom. The van der Waals surface area contributed by atoms with Gasteiger partial charge in [-0.3, -0.25) is 9.20 Å². The molecule has 2 aromatic heterocycles. The summed E-state index contributed by atoms with van der Waals surface area (Å²) < 4.78 is 6.15. The summed E-state index contributed by atoms with van der Waals surface area (Å²) in [5.74, 6) is -0.522. The Bertz CT molecular complexity index is 631. The molecule has 0 fully saturated rings. The second-order valence-corrected chi connectivity index (χ2v) is 3.56. The lowest BCUT2D eigenvalue weighted by Gasteiger charge is -2.07. The Balaban J connectivity index is 2.73. The molecule has 2 rings (SSSR count). The first-order valence-corrected chi connectivity index (χ1v) is 5.30. The third-order valence-corrected chi connectivity index (χ3v) is 2.30. The van der Waals surface area contributed by atoms with Crippen LogP contribution in [-0.2, 0) is 4.74 Å². The minimum Gasteiger partial charge on any atom is -0.461 e. The molecule has 0 aliphatic carbocycles. The van der Waals surface area contributed by atoms with E-state index >= 15 is 0 Å². The predicted octanol–water partition coefficient (Wildman–Crippen LogP) is 1.18. The highest BCUT2D eigenvalue weighted by Gasteiger charge is 2.12. The maximum absolute atomic E-state index is 11.8. The minimum absolute atomic E-state index is 0.196. The third kappa shape index (κ3) is 2.04. The molecule has 2 heterocycles. The van der Waals surface area contributed by atoms with Crippen molar-refractivity contribution in [1.29, 1.82) is 0 Å². The van der Waals surface area contributed by atoms with Gasteiger partial charge in [0, 0.05) is 11.8 Å². The van der Waals surface area contributed by atoms with Crippen molar-refractivity contribution in [2.75, 3.05) is 6.61 Å². The van der Waals surface area contributed by atoms with Crippen LogP contribution in [-0.4, -0.2) is 22.0 Å². The molecule has 0 spiro atoms. The topological polar surface area (TPSA) is 60.7 Å². The van der Waals surface area contributed by atoms with Gasteiger partial charge in [-0.05, 0) is 26.0 Å². The Kier molecular flexibility index (Phi) is 2.91. The largest absolute Gasteiger partial charge is 0.461 e. The fourth-order valence-electron chi connectivity index (χ4n) is 1.64. The fraction of sp³-hybridized carbons (Fsp3) is 0.250. The molecule has 0 unspecified atom stereocenters. The molecule has 0 bridgehead atoms. The van der Waals surface area contributed by atoms with Gasteiger partial charge in [0.2, 0.25) is 0 Å². The fourth-order valence-corrected chi connectivity index (χ4v) is 1.64. The van der Waals surface area contributed by atoms with E-state index in [1.165, 1.54) is 10.5 Å². The van der Waals surface area contributed by atoms with Crippen LogP contribution in [0.5, 0.6) is 0 Å². The molecule has 5 nitrogen and oxygen atoms in total. The van der Waals surface area contributed by atoms with Crippen LogP contribution >= 0.6 is 0 Å². The van der Waals surface area contributed by atoms with Crippen molar-refractivity contribution in [2.24, 2.45) is 0 Å². The lowest BCUT2D eigenvalue weighted by molar-refractivity contribution is 0.0517. The molecule has 17 heavy (non-hydrogen) atoms. The first-order chi connectivity index (χ1) is 8.13. The maximum Gasteiger partial charge on any atom is 0.355 e. The van der Waals surface area contributed by atoms with Gasteiger partial charge in [-0.2, -0.15) is 0 Å². The summed E-state index contributed by atoms with van der Waals surface area (Å²) in [5.41, 5.74) is 0.981. The summed E-state index contributed by atoms with van der Waals surface area (Å²) in [6.45, 7) is 3.72. The smallest absolute Gasteiger partial charge is 0.355 e. The van der Waals surface area contributed by atoms with E-state index in [1.54, 1.807) is 32.0 Å². The highest BCUT2D eigenvalue weighted by molar-refractivity contribution is 5.88. The van der Waals surface area contributed by atoms with Crippen LogP contribution < -0.4 is 5.56 Å². The summed E-state index contributed by atoms with van der Waals surface area (Å²) in [4.78, 5) is 27.7. The third-order valence-electron chi connectivity index (χ3n) is 2.30. The van der Waals surface area contributed by atoms with Crippen molar-refractivity contribution in [1.82, 2.24) is 9.38 Å². The van der Waals surface area contributed by atoms with Crippen molar-refractivity contribution < 1.29 is 9.53 Å². The van der Waals surface area contributed by atoms with E-state index in [4.69, 9.17) is 4.74 Å². The second-order valence-electron chi connectivity index (χ2n) is 3.56. The molecule has 0 N–H and O–H groups in total. The van der Waals surface area contributed by atoms with Crippen LogP contribution in [0.1, 0.15) is 23.1 Å². The van der Waals surface area contributed by atoms with Gasteiger partial charge >= 0.3 is 5.97 Å². The number of aryl methyl sites for hydroxylation is 1. The van der Waals surface area contributed by atoms with Gasteiger partial charge in [0.25, 0.3) is 5.56 Å². The average Bonchev–Trinajstić information content (AvgIpc) is 2.28. The minimum atomic E-state index is -0.522. The molecule has 0 amide bonds. The monoisotopic (exact) mass is 232 g/mol. The molecule has 0 atom stereocenters. The van der Waals surface area contributed by atoms with Crippen molar-refractivity contribution in [3.63, 3.8) is 0 Å². The molecule has 0 aliphatic rings. The van der Waals surface area contributed by atoms with Crippen LogP contribution in [0, 0.1) is 6.92 Å². The number of esters is 1.